The number of hydrogen-bond donors (Lipinski definition) is 3. The number of carbonyl (C=O) groups excluding carboxylic acids is 3. The fourth-order valence-corrected chi connectivity index (χ4v) is 5.65. The van der Waals surface area contributed by atoms with E-state index in [0.717, 1.165) is 11.1 Å². The molecule has 1 aromatic heterocycles. The lowest BCUT2D eigenvalue weighted by molar-refractivity contribution is -0.124. The second kappa shape index (κ2) is 13.1. The number of carbonyl (C=O) groups is 3. The van der Waals surface area contributed by atoms with E-state index < -0.39 is 6.09 Å². The molecule has 0 bridgehead atoms. The van der Waals surface area contributed by atoms with Gasteiger partial charge >= 0.3 is 6.09 Å². The lowest BCUT2D eigenvalue weighted by Gasteiger charge is -2.18. The van der Waals surface area contributed by atoms with Crippen LogP contribution in [0, 0.1) is 5.92 Å². The van der Waals surface area contributed by atoms with E-state index in [4.69, 9.17) is 10.5 Å². The fraction of sp³-hybridized carbons (Fsp3) is 0.400. The molecule has 9 nitrogen and oxygen atoms in total. The number of alkyl carbamates (subject to hydrolysis) is 1. The Labute approximate surface area is 239 Å². The molecule has 4 rings (SSSR count). The van der Waals surface area contributed by atoms with Crippen molar-refractivity contribution in [2.24, 2.45) is 11.7 Å². The summed E-state index contributed by atoms with van der Waals surface area (Å²) < 4.78 is 7.32. The van der Waals surface area contributed by atoms with Gasteiger partial charge in [0.25, 0.3) is 0 Å². The summed E-state index contributed by atoms with van der Waals surface area (Å²) in [6.45, 7) is 8.12. The van der Waals surface area contributed by atoms with Crippen molar-refractivity contribution in [3.05, 3.63) is 71.7 Å². The van der Waals surface area contributed by atoms with Crippen molar-refractivity contribution in [3.63, 3.8) is 0 Å². The van der Waals surface area contributed by atoms with Crippen molar-refractivity contribution in [1.29, 1.82) is 0 Å². The van der Waals surface area contributed by atoms with Crippen LogP contribution in [0.1, 0.15) is 62.6 Å². The van der Waals surface area contributed by atoms with Gasteiger partial charge in [-0.2, -0.15) is 0 Å². The Bertz CT molecular complexity index is 1320. The highest BCUT2D eigenvalue weighted by Gasteiger charge is 2.29. The van der Waals surface area contributed by atoms with Gasteiger partial charge in [-0.1, -0.05) is 74.1 Å². The van der Waals surface area contributed by atoms with Gasteiger partial charge < -0.3 is 25.7 Å². The summed E-state index contributed by atoms with van der Waals surface area (Å²) in [5.74, 6) is 0.541. The average molecular weight is 564 g/mol. The number of benzene rings is 2. The Morgan fingerprint density at radius 1 is 0.975 bits per heavy atom. The standard InChI is InChI=1S/C30H37N5O4S/c1-18(2)28(37)20(4)35-15-27(34-29(35)19(3)31)40-17-26(36)32-13-14-33-30(38)39-16-25-23-11-7-5-9-21(23)22-10-6-8-12-24(22)25/h5-12,15,18-20,25H,13-14,16-17,31H2,1-4H3,(H,32,36)(H,33,38)/t19-,20-/m0/s1. The molecular formula is C30H37N5O4S. The Kier molecular flexibility index (Phi) is 9.65. The van der Waals surface area contributed by atoms with E-state index in [-0.39, 0.29) is 61.1 Å². The predicted octanol–water partition coefficient (Wildman–Crippen LogP) is 4.44. The topological polar surface area (TPSA) is 128 Å². The zero-order valence-corrected chi connectivity index (χ0v) is 24.2. The first-order chi connectivity index (χ1) is 19.2. The number of nitrogens with two attached hydrogens (primary N) is 1. The highest BCUT2D eigenvalue weighted by molar-refractivity contribution is 7.99. The number of thioether (sulfide) groups is 1. The van der Waals surface area contributed by atoms with E-state index in [1.807, 2.05) is 52.0 Å². The molecule has 0 unspecified atom stereocenters. The molecule has 1 heterocycles. The van der Waals surface area contributed by atoms with Gasteiger partial charge in [0.2, 0.25) is 5.91 Å². The minimum Gasteiger partial charge on any atom is -0.449 e. The molecule has 2 amide bonds. The number of fused-ring (bicyclic) bond motifs is 3. The van der Waals surface area contributed by atoms with Crippen LogP contribution in [-0.2, 0) is 14.3 Å². The van der Waals surface area contributed by atoms with Gasteiger partial charge in [-0.25, -0.2) is 9.78 Å². The highest BCUT2D eigenvalue weighted by Crippen LogP contribution is 2.44. The van der Waals surface area contributed by atoms with Crippen molar-refractivity contribution in [1.82, 2.24) is 20.2 Å². The molecule has 1 aliphatic carbocycles. The van der Waals surface area contributed by atoms with E-state index in [0.29, 0.717) is 10.9 Å². The maximum Gasteiger partial charge on any atom is 0.407 e. The zero-order chi connectivity index (χ0) is 28.8. The zero-order valence-electron chi connectivity index (χ0n) is 23.3. The number of rotatable bonds is 12. The molecule has 3 aromatic rings. The Morgan fingerprint density at radius 2 is 1.57 bits per heavy atom. The molecular weight excluding hydrogens is 526 g/mol. The van der Waals surface area contributed by atoms with Crippen LogP contribution in [0.15, 0.2) is 59.8 Å². The largest absolute Gasteiger partial charge is 0.449 e. The second-order valence-electron chi connectivity index (χ2n) is 10.3. The van der Waals surface area contributed by atoms with Gasteiger partial charge in [0, 0.05) is 31.1 Å². The molecule has 212 valence electrons. The summed E-state index contributed by atoms with van der Waals surface area (Å²) >= 11 is 1.27. The maximum atomic E-state index is 12.5. The highest BCUT2D eigenvalue weighted by atomic mass is 32.2. The smallest absolute Gasteiger partial charge is 0.407 e. The maximum absolute atomic E-state index is 12.5. The third kappa shape index (κ3) is 6.74. The van der Waals surface area contributed by atoms with Crippen LogP contribution in [0.5, 0.6) is 0 Å². The van der Waals surface area contributed by atoms with Crippen LogP contribution in [0.2, 0.25) is 0 Å². The molecule has 0 spiro atoms. The van der Waals surface area contributed by atoms with Crippen LogP contribution in [-0.4, -0.2) is 52.8 Å². The minimum absolute atomic E-state index is 0.00684. The summed E-state index contributed by atoms with van der Waals surface area (Å²) in [6, 6.07) is 15.6. The Balaban J connectivity index is 1.20. The monoisotopic (exact) mass is 563 g/mol. The molecule has 40 heavy (non-hydrogen) atoms. The predicted molar refractivity (Wildman–Crippen MR) is 156 cm³/mol. The molecule has 1 aliphatic rings. The van der Waals surface area contributed by atoms with E-state index >= 15 is 0 Å². The van der Waals surface area contributed by atoms with Crippen LogP contribution >= 0.6 is 11.8 Å². The SMILES string of the molecule is CC(C)C(=O)[C@H](C)n1cc(SCC(=O)NCCNC(=O)OCC2c3ccccc3-c3ccccc32)nc1[C@H](C)N. The van der Waals surface area contributed by atoms with Gasteiger partial charge in [-0.05, 0) is 36.1 Å². The molecule has 4 N–H and O–H groups in total. The number of nitrogens with zero attached hydrogens (tertiary/aromatic N) is 2. The first kappa shape index (κ1) is 29.4. The lowest BCUT2D eigenvalue weighted by atomic mass is 9.98. The number of Topliss-reactive ketones (excluding diaryl/α,β-unsaturated/α-hetero) is 1. The van der Waals surface area contributed by atoms with Gasteiger partial charge in [0.1, 0.15) is 17.5 Å². The van der Waals surface area contributed by atoms with Crippen molar-refractivity contribution < 1.29 is 19.1 Å². The third-order valence-corrected chi connectivity index (χ3v) is 7.85. The molecule has 0 fully saturated rings. The third-order valence-electron chi connectivity index (χ3n) is 6.96. The van der Waals surface area contributed by atoms with E-state index in [1.165, 1.54) is 22.9 Å². The number of hydrogen-bond acceptors (Lipinski definition) is 7. The fourth-order valence-electron chi connectivity index (χ4n) is 4.93. The number of ether oxygens (including phenoxy) is 1. The normalized spacial score (nSPS) is 13.8. The van der Waals surface area contributed by atoms with Crippen LogP contribution < -0.4 is 16.4 Å². The molecule has 10 heteroatoms. The van der Waals surface area contributed by atoms with Crippen molar-refractivity contribution >= 4 is 29.5 Å². The number of imidazole rings is 1. The van der Waals surface area contributed by atoms with Gasteiger partial charge in [-0.15, -0.1) is 0 Å². The van der Waals surface area contributed by atoms with E-state index in [2.05, 4.69) is 39.9 Å². The summed E-state index contributed by atoms with van der Waals surface area (Å²) in [5, 5.41) is 6.11. The van der Waals surface area contributed by atoms with E-state index in [1.54, 1.807) is 10.8 Å². The van der Waals surface area contributed by atoms with Gasteiger partial charge in [0.15, 0.2) is 5.78 Å². The van der Waals surface area contributed by atoms with Crippen molar-refractivity contribution in [3.8, 4) is 11.1 Å². The first-order valence-corrected chi connectivity index (χ1v) is 14.5. The Morgan fingerprint density at radius 3 is 2.17 bits per heavy atom. The molecule has 2 atom stereocenters. The van der Waals surface area contributed by atoms with Crippen LogP contribution in [0.4, 0.5) is 4.79 Å². The lowest BCUT2D eigenvalue weighted by Crippen LogP contribution is -2.36. The molecule has 0 saturated heterocycles. The summed E-state index contributed by atoms with van der Waals surface area (Å²) in [4.78, 5) is 41.7. The first-order valence-electron chi connectivity index (χ1n) is 13.5. The molecule has 0 radical (unpaired) electrons. The quantitative estimate of drug-likeness (QED) is 0.220. The summed E-state index contributed by atoms with van der Waals surface area (Å²) in [5.41, 5.74) is 10.7. The minimum atomic E-state index is -0.524. The van der Waals surface area contributed by atoms with Crippen LogP contribution in [0.3, 0.4) is 0 Å². The molecule has 2 aromatic carbocycles. The summed E-state index contributed by atoms with van der Waals surface area (Å²) in [6.07, 6.45) is 1.25. The molecule has 0 aliphatic heterocycles. The molecule has 0 saturated carbocycles. The number of nitrogens with one attached hydrogen (secondary N) is 2. The second-order valence-corrected chi connectivity index (χ2v) is 11.3. The number of ketones is 1. The van der Waals surface area contributed by atoms with Crippen LogP contribution in [0.25, 0.3) is 11.1 Å². The average Bonchev–Trinajstić information content (AvgIpc) is 3.52. The number of aromatic nitrogens is 2. The summed E-state index contributed by atoms with van der Waals surface area (Å²) in [7, 11) is 0. The van der Waals surface area contributed by atoms with Crippen molar-refractivity contribution in [2.45, 2.75) is 50.7 Å². The van der Waals surface area contributed by atoms with E-state index in [9.17, 15) is 14.4 Å². The Hall–Kier alpha value is -3.63. The van der Waals surface area contributed by atoms with Gasteiger partial charge in [-0.3, -0.25) is 9.59 Å². The van der Waals surface area contributed by atoms with Crippen molar-refractivity contribution in [2.75, 3.05) is 25.4 Å². The van der Waals surface area contributed by atoms with Gasteiger partial charge in [0.05, 0.1) is 17.8 Å². The number of amides is 2.